The molecule has 0 spiro atoms. The lowest BCUT2D eigenvalue weighted by molar-refractivity contribution is 0.467. The molecule has 2 nitrogen and oxygen atoms in total. The van der Waals surface area contributed by atoms with Gasteiger partial charge in [-0.15, -0.1) is 0 Å². The number of benzene rings is 3. The molecule has 0 saturated heterocycles. The van der Waals surface area contributed by atoms with E-state index in [2.05, 4.69) is 37.6 Å². The van der Waals surface area contributed by atoms with Gasteiger partial charge in [-0.1, -0.05) is 74.4 Å². The van der Waals surface area contributed by atoms with Gasteiger partial charge < -0.3 is 10.2 Å². The summed E-state index contributed by atoms with van der Waals surface area (Å²) in [6, 6.07) is 25.4. The normalized spacial score (nSPS) is 11.5. The van der Waals surface area contributed by atoms with E-state index in [1.807, 2.05) is 30.3 Å². The lowest BCUT2D eigenvalue weighted by Gasteiger charge is -2.35. The van der Waals surface area contributed by atoms with E-state index in [9.17, 15) is 10.2 Å². The van der Waals surface area contributed by atoms with Crippen molar-refractivity contribution in [3.05, 3.63) is 102 Å². The van der Waals surface area contributed by atoms with E-state index >= 15 is 0 Å². The minimum atomic E-state index is -0.369. The number of phenolic OH excluding ortho intramolecular Hbond substituents is 2. The molecule has 0 bridgehead atoms. The van der Waals surface area contributed by atoms with Gasteiger partial charge in [0.1, 0.15) is 11.5 Å². The van der Waals surface area contributed by atoms with Crippen molar-refractivity contribution in [3.63, 3.8) is 0 Å². The van der Waals surface area contributed by atoms with Crippen molar-refractivity contribution in [2.75, 3.05) is 0 Å². The Balaban J connectivity index is 1.95. The summed E-state index contributed by atoms with van der Waals surface area (Å²) in [6.45, 7) is 2.20. The maximum absolute atomic E-state index is 9.78. The fraction of sp³-hybridized carbons (Fsp3) is 0.269. The highest BCUT2D eigenvalue weighted by atomic mass is 16.3. The summed E-state index contributed by atoms with van der Waals surface area (Å²) in [4.78, 5) is 0. The van der Waals surface area contributed by atoms with Crippen LogP contribution < -0.4 is 0 Å². The maximum atomic E-state index is 9.78. The average molecular weight is 373 g/mol. The van der Waals surface area contributed by atoms with Crippen molar-refractivity contribution in [1.82, 2.24) is 0 Å². The van der Waals surface area contributed by atoms with Crippen LogP contribution in [0.3, 0.4) is 0 Å². The highest BCUT2D eigenvalue weighted by Gasteiger charge is 2.34. The number of hydrogen-bond acceptors (Lipinski definition) is 2. The second-order valence-corrected chi connectivity index (χ2v) is 7.27. The third kappa shape index (κ3) is 4.75. The van der Waals surface area contributed by atoms with Crippen molar-refractivity contribution in [2.45, 2.75) is 44.4 Å². The molecule has 0 fully saturated rings. The first-order valence-corrected chi connectivity index (χ1v) is 10.0. The fourth-order valence-electron chi connectivity index (χ4n) is 3.75. The van der Waals surface area contributed by atoms with Gasteiger partial charge in [0.05, 0.1) is 0 Å². The topological polar surface area (TPSA) is 40.5 Å². The smallest absolute Gasteiger partial charge is 0.115 e. The van der Waals surface area contributed by atoms with Crippen molar-refractivity contribution < 1.29 is 10.2 Å². The summed E-state index contributed by atoms with van der Waals surface area (Å²) >= 11 is 0. The lowest BCUT2D eigenvalue weighted by Crippen LogP contribution is -2.29. The summed E-state index contributed by atoms with van der Waals surface area (Å²) in [5, 5.41) is 19.6. The molecule has 2 radical (unpaired) electrons. The molecule has 0 atom stereocenters. The summed E-state index contributed by atoms with van der Waals surface area (Å²) in [7, 11) is 0. The van der Waals surface area contributed by atoms with Gasteiger partial charge in [-0.2, -0.15) is 0 Å². The Labute approximate surface area is 168 Å². The molecule has 0 aliphatic heterocycles. The fourth-order valence-corrected chi connectivity index (χ4v) is 3.75. The predicted molar refractivity (Wildman–Crippen MR) is 115 cm³/mol. The molecule has 3 aromatic rings. The lowest BCUT2D eigenvalue weighted by atomic mass is 9.68. The standard InChI is InChI=1S/C26H28O2/c1-2-3-19-26(22-11-15-24(27)16-12-22,23-13-17-25(28)18-14-23)20-7-10-21-8-5-4-6-9-21/h4-6,8-9,11-18,27-28H,2-3,7,10,19H2,1H3. The van der Waals surface area contributed by atoms with Gasteiger partial charge in [-0.3, -0.25) is 0 Å². The van der Waals surface area contributed by atoms with E-state index < -0.39 is 0 Å². The van der Waals surface area contributed by atoms with Crippen LogP contribution in [0.1, 0.15) is 49.3 Å². The summed E-state index contributed by atoms with van der Waals surface area (Å²) < 4.78 is 0. The minimum absolute atomic E-state index is 0.267. The van der Waals surface area contributed by atoms with Crippen LogP contribution >= 0.6 is 0 Å². The first kappa shape index (κ1) is 20.0. The van der Waals surface area contributed by atoms with Gasteiger partial charge in [0, 0.05) is 5.41 Å². The van der Waals surface area contributed by atoms with Gasteiger partial charge in [0.2, 0.25) is 0 Å². The van der Waals surface area contributed by atoms with E-state index in [1.54, 1.807) is 24.3 Å². The van der Waals surface area contributed by atoms with Gasteiger partial charge >= 0.3 is 0 Å². The maximum Gasteiger partial charge on any atom is 0.115 e. The molecule has 0 aliphatic rings. The summed E-state index contributed by atoms with van der Waals surface area (Å²) in [5.41, 5.74) is 3.18. The quantitative estimate of drug-likeness (QED) is 0.463. The van der Waals surface area contributed by atoms with Crippen LogP contribution in [0, 0.1) is 6.42 Å². The third-order valence-corrected chi connectivity index (χ3v) is 5.31. The largest absolute Gasteiger partial charge is 0.508 e. The van der Waals surface area contributed by atoms with Crippen molar-refractivity contribution in [3.8, 4) is 11.5 Å². The molecule has 0 aromatic heterocycles. The Morgan fingerprint density at radius 1 is 0.750 bits per heavy atom. The van der Waals surface area contributed by atoms with Crippen molar-refractivity contribution >= 4 is 0 Å². The van der Waals surface area contributed by atoms with Gasteiger partial charge in [0.25, 0.3) is 0 Å². The number of aryl methyl sites for hydroxylation is 1. The van der Waals surface area contributed by atoms with Crippen LogP contribution in [-0.4, -0.2) is 10.2 Å². The van der Waals surface area contributed by atoms with Gasteiger partial charge in [-0.05, 0) is 66.6 Å². The molecular weight excluding hydrogens is 344 g/mol. The van der Waals surface area contributed by atoms with Gasteiger partial charge in [-0.25, -0.2) is 0 Å². The monoisotopic (exact) mass is 372 g/mol. The zero-order chi connectivity index (χ0) is 19.8. The highest BCUT2D eigenvalue weighted by molar-refractivity contribution is 5.46. The van der Waals surface area contributed by atoms with Crippen LogP contribution in [0.4, 0.5) is 0 Å². The Bertz CT molecular complexity index is 790. The van der Waals surface area contributed by atoms with Crippen molar-refractivity contribution in [1.29, 1.82) is 0 Å². The number of phenols is 2. The van der Waals surface area contributed by atoms with E-state index in [-0.39, 0.29) is 16.9 Å². The van der Waals surface area contributed by atoms with Crippen LogP contribution in [0.5, 0.6) is 11.5 Å². The molecule has 0 heterocycles. The Kier molecular flexibility index (Phi) is 6.76. The molecule has 28 heavy (non-hydrogen) atoms. The first-order chi connectivity index (χ1) is 13.6. The van der Waals surface area contributed by atoms with Crippen LogP contribution in [-0.2, 0) is 11.8 Å². The summed E-state index contributed by atoms with van der Waals surface area (Å²) in [6.07, 6.45) is 8.69. The molecule has 0 aliphatic carbocycles. The molecule has 0 saturated carbocycles. The Morgan fingerprint density at radius 2 is 1.29 bits per heavy atom. The number of hydrogen-bond donors (Lipinski definition) is 2. The Hall–Kier alpha value is -2.74. The highest BCUT2D eigenvalue weighted by Crippen LogP contribution is 2.42. The van der Waals surface area contributed by atoms with Gasteiger partial charge in [0.15, 0.2) is 0 Å². The molecule has 0 amide bonds. The zero-order valence-electron chi connectivity index (χ0n) is 16.4. The molecule has 0 unspecified atom stereocenters. The zero-order valence-corrected chi connectivity index (χ0v) is 16.4. The van der Waals surface area contributed by atoms with E-state index in [4.69, 9.17) is 0 Å². The molecule has 3 aromatic carbocycles. The van der Waals surface area contributed by atoms with Crippen LogP contribution in [0.2, 0.25) is 0 Å². The van der Waals surface area contributed by atoms with Crippen LogP contribution in [0.25, 0.3) is 0 Å². The average Bonchev–Trinajstić information content (AvgIpc) is 2.73. The third-order valence-electron chi connectivity index (χ3n) is 5.31. The van der Waals surface area contributed by atoms with Crippen molar-refractivity contribution in [2.24, 2.45) is 0 Å². The molecule has 3 rings (SSSR count). The molecule has 144 valence electrons. The van der Waals surface area contributed by atoms with E-state index in [0.29, 0.717) is 0 Å². The molecule has 2 N–H and O–H groups in total. The SMILES string of the molecule is CCCCC([C]CCc1ccccc1)(c1ccc(O)cc1)c1ccc(O)cc1. The van der Waals surface area contributed by atoms with E-state index in [1.165, 1.54) is 5.56 Å². The number of rotatable bonds is 9. The first-order valence-electron chi connectivity index (χ1n) is 10.0. The number of aromatic hydroxyl groups is 2. The number of unbranched alkanes of at least 4 members (excludes halogenated alkanes) is 1. The second kappa shape index (κ2) is 9.45. The predicted octanol–water partition coefficient (Wildman–Crippen LogP) is 6.29. The Morgan fingerprint density at radius 3 is 1.79 bits per heavy atom. The second-order valence-electron chi connectivity index (χ2n) is 7.27. The summed E-state index contributed by atoms with van der Waals surface area (Å²) in [5.74, 6) is 0.534. The molecule has 2 heteroatoms. The minimum Gasteiger partial charge on any atom is -0.508 e. The van der Waals surface area contributed by atoms with E-state index in [0.717, 1.165) is 43.2 Å². The van der Waals surface area contributed by atoms with Crippen LogP contribution in [0.15, 0.2) is 78.9 Å². The molecular formula is C26H28O2.